The second-order valence-electron chi connectivity index (χ2n) is 5.77. The Hall–Kier alpha value is -3.22. The number of hydrogen-bond acceptors (Lipinski definition) is 4. The van der Waals surface area contributed by atoms with E-state index in [9.17, 15) is 19.7 Å². The van der Waals surface area contributed by atoms with E-state index in [1.807, 2.05) is 30.3 Å². The van der Waals surface area contributed by atoms with Gasteiger partial charge in [-0.15, -0.1) is 0 Å². The molecule has 2 amide bonds. The Morgan fingerprint density at radius 2 is 1.80 bits per heavy atom. The topological polar surface area (TPSA) is 92.6 Å². The third kappa shape index (κ3) is 3.50. The van der Waals surface area contributed by atoms with Gasteiger partial charge in [-0.05, 0) is 31.0 Å². The van der Waals surface area contributed by atoms with Gasteiger partial charge in [-0.25, -0.2) is 0 Å². The summed E-state index contributed by atoms with van der Waals surface area (Å²) < 4.78 is 0. The molecule has 2 aromatic carbocycles. The number of anilines is 1. The summed E-state index contributed by atoms with van der Waals surface area (Å²) in [6.07, 6.45) is 1.25. The first-order valence-corrected chi connectivity index (χ1v) is 7.98. The van der Waals surface area contributed by atoms with E-state index >= 15 is 0 Å². The monoisotopic (exact) mass is 339 g/mol. The summed E-state index contributed by atoms with van der Waals surface area (Å²) in [6.45, 7) is 0.584. The van der Waals surface area contributed by atoms with Crippen molar-refractivity contribution in [3.8, 4) is 0 Å². The Morgan fingerprint density at radius 3 is 2.52 bits per heavy atom. The zero-order valence-electron chi connectivity index (χ0n) is 13.4. The second-order valence-corrected chi connectivity index (χ2v) is 5.77. The van der Waals surface area contributed by atoms with Crippen molar-refractivity contribution in [2.24, 2.45) is 0 Å². The summed E-state index contributed by atoms with van der Waals surface area (Å²) in [6, 6.07) is 14.2. The molecule has 0 radical (unpaired) electrons. The van der Waals surface area contributed by atoms with Crippen molar-refractivity contribution >= 4 is 23.2 Å². The lowest BCUT2D eigenvalue weighted by molar-refractivity contribution is -0.385. The first-order valence-electron chi connectivity index (χ1n) is 7.98. The van der Waals surface area contributed by atoms with Gasteiger partial charge in [0.1, 0.15) is 11.6 Å². The Bertz CT molecular complexity index is 807. The molecule has 2 aromatic rings. The van der Waals surface area contributed by atoms with Crippen LogP contribution in [0.15, 0.2) is 54.6 Å². The zero-order valence-corrected chi connectivity index (χ0v) is 13.4. The summed E-state index contributed by atoms with van der Waals surface area (Å²) in [5.74, 6) is -0.815. The highest BCUT2D eigenvalue weighted by atomic mass is 16.6. The summed E-state index contributed by atoms with van der Waals surface area (Å²) in [5, 5.41) is 13.7. The number of nitrogens with one attached hydrogen (secondary N) is 1. The number of carbonyl (C=O) groups excluding carboxylic acids is 2. The van der Waals surface area contributed by atoms with Crippen LogP contribution < -0.4 is 10.2 Å². The maximum Gasteiger partial charge on any atom is 0.282 e. The van der Waals surface area contributed by atoms with Crippen LogP contribution in [0.1, 0.15) is 23.2 Å². The molecule has 1 aliphatic heterocycles. The van der Waals surface area contributed by atoms with Crippen LogP contribution in [0.2, 0.25) is 0 Å². The summed E-state index contributed by atoms with van der Waals surface area (Å²) in [7, 11) is 0. The zero-order chi connectivity index (χ0) is 17.8. The Morgan fingerprint density at radius 1 is 1.12 bits per heavy atom. The number of piperidine rings is 1. The van der Waals surface area contributed by atoms with Crippen molar-refractivity contribution in [3.63, 3.8) is 0 Å². The average Bonchev–Trinajstić information content (AvgIpc) is 2.64. The van der Waals surface area contributed by atoms with Gasteiger partial charge in [0.25, 0.3) is 11.6 Å². The molecule has 25 heavy (non-hydrogen) atoms. The van der Waals surface area contributed by atoms with Gasteiger partial charge in [-0.1, -0.05) is 30.3 Å². The number of carbonyl (C=O) groups is 2. The van der Waals surface area contributed by atoms with Crippen molar-refractivity contribution < 1.29 is 14.5 Å². The number of hydrogen-bond donors (Lipinski definition) is 1. The molecule has 128 valence electrons. The molecular weight excluding hydrogens is 322 g/mol. The highest BCUT2D eigenvalue weighted by Crippen LogP contribution is 2.22. The fourth-order valence-corrected chi connectivity index (χ4v) is 2.93. The van der Waals surface area contributed by atoms with Crippen LogP contribution in [-0.4, -0.2) is 29.3 Å². The van der Waals surface area contributed by atoms with Gasteiger partial charge in [0, 0.05) is 18.3 Å². The minimum absolute atomic E-state index is 0.0443. The fraction of sp³-hybridized carbons (Fsp3) is 0.222. The largest absolute Gasteiger partial charge is 0.340 e. The van der Waals surface area contributed by atoms with E-state index in [1.165, 1.54) is 18.2 Å². The molecule has 0 bridgehead atoms. The number of nitrogens with zero attached hydrogens (tertiary/aromatic N) is 2. The molecule has 0 aromatic heterocycles. The molecule has 1 heterocycles. The molecule has 7 nitrogen and oxygen atoms in total. The second kappa shape index (κ2) is 7.12. The molecule has 0 saturated carbocycles. The number of amides is 2. The van der Waals surface area contributed by atoms with Crippen molar-refractivity contribution in [1.29, 1.82) is 0 Å². The lowest BCUT2D eigenvalue weighted by Crippen LogP contribution is -2.52. The molecule has 1 fully saturated rings. The normalized spacial score (nSPS) is 17.2. The van der Waals surface area contributed by atoms with Crippen molar-refractivity contribution in [2.75, 3.05) is 11.4 Å². The third-order valence-corrected chi connectivity index (χ3v) is 4.16. The van der Waals surface area contributed by atoms with E-state index < -0.39 is 16.9 Å². The van der Waals surface area contributed by atoms with E-state index in [-0.39, 0.29) is 17.2 Å². The summed E-state index contributed by atoms with van der Waals surface area (Å²) in [4.78, 5) is 37.2. The van der Waals surface area contributed by atoms with Crippen LogP contribution in [-0.2, 0) is 4.79 Å². The summed E-state index contributed by atoms with van der Waals surface area (Å²) in [5.41, 5.74) is 0.456. The van der Waals surface area contributed by atoms with Crippen molar-refractivity contribution in [3.05, 3.63) is 70.3 Å². The first-order chi connectivity index (χ1) is 12.1. The smallest absolute Gasteiger partial charge is 0.282 e. The lowest BCUT2D eigenvalue weighted by Gasteiger charge is -2.32. The number of para-hydroxylation sites is 2. The Labute approximate surface area is 144 Å². The number of rotatable bonds is 4. The summed E-state index contributed by atoms with van der Waals surface area (Å²) >= 11 is 0. The molecule has 7 heteroatoms. The molecule has 1 N–H and O–H groups in total. The maximum absolute atomic E-state index is 12.7. The van der Waals surface area contributed by atoms with Crippen molar-refractivity contribution in [1.82, 2.24) is 5.32 Å². The maximum atomic E-state index is 12.7. The minimum Gasteiger partial charge on any atom is -0.340 e. The predicted molar refractivity (Wildman–Crippen MR) is 92.4 cm³/mol. The lowest BCUT2D eigenvalue weighted by atomic mass is 10.0. The number of nitro benzene ring substituents is 1. The van der Waals surface area contributed by atoms with E-state index in [1.54, 1.807) is 11.0 Å². The van der Waals surface area contributed by atoms with Crippen LogP contribution in [0.5, 0.6) is 0 Å². The van der Waals surface area contributed by atoms with E-state index in [2.05, 4.69) is 5.32 Å². The van der Waals surface area contributed by atoms with Gasteiger partial charge in [0.2, 0.25) is 5.91 Å². The first kappa shape index (κ1) is 16.6. The molecular formula is C18H17N3O4. The van der Waals surface area contributed by atoms with Gasteiger partial charge >= 0.3 is 0 Å². The van der Waals surface area contributed by atoms with Gasteiger partial charge in [-0.3, -0.25) is 19.7 Å². The molecule has 3 rings (SSSR count). The van der Waals surface area contributed by atoms with Gasteiger partial charge in [-0.2, -0.15) is 0 Å². The average molecular weight is 339 g/mol. The van der Waals surface area contributed by atoms with E-state index in [0.29, 0.717) is 13.0 Å². The molecule has 1 atom stereocenters. The van der Waals surface area contributed by atoms with Gasteiger partial charge in [0.05, 0.1) is 4.92 Å². The van der Waals surface area contributed by atoms with Crippen LogP contribution in [0.25, 0.3) is 0 Å². The van der Waals surface area contributed by atoms with Gasteiger partial charge < -0.3 is 10.2 Å². The molecule has 1 aliphatic rings. The Kier molecular flexibility index (Phi) is 4.74. The van der Waals surface area contributed by atoms with Crippen LogP contribution in [0, 0.1) is 10.1 Å². The predicted octanol–water partition coefficient (Wildman–Crippen LogP) is 2.52. The van der Waals surface area contributed by atoms with Crippen molar-refractivity contribution in [2.45, 2.75) is 18.9 Å². The quantitative estimate of drug-likeness (QED) is 0.684. The standard InChI is InChI=1S/C18H17N3O4/c22-17(14-9-4-5-11-16(14)21(24)25)19-15-10-6-12-20(18(15)23)13-7-2-1-3-8-13/h1-5,7-9,11,15H,6,10,12H2,(H,19,22). The van der Waals surface area contributed by atoms with Crippen LogP contribution in [0.3, 0.4) is 0 Å². The van der Waals surface area contributed by atoms with Crippen LogP contribution in [0.4, 0.5) is 11.4 Å². The minimum atomic E-state index is -0.693. The number of benzene rings is 2. The van der Waals surface area contributed by atoms with Gasteiger partial charge in [0.15, 0.2) is 0 Å². The SMILES string of the molecule is O=C(NC1CCCN(c2ccccc2)C1=O)c1ccccc1[N+](=O)[O-]. The number of nitro groups is 1. The van der Waals surface area contributed by atoms with Crippen LogP contribution >= 0.6 is 0 Å². The highest BCUT2D eigenvalue weighted by Gasteiger charge is 2.32. The third-order valence-electron chi connectivity index (χ3n) is 4.16. The molecule has 0 aliphatic carbocycles. The van der Waals surface area contributed by atoms with E-state index in [4.69, 9.17) is 0 Å². The fourth-order valence-electron chi connectivity index (χ4n) is 2.93. The highest BCUT2D eigenvalue weighted by molar-refractivity contribution is 6.04. The molecule has 1 saturated heterocycles. The van der Waals surface area contributed by atoms with E-state index in [0.717, 1.165) is 12.1 Å². The Balaban J connectivity index is 1.78. The molecule has 0 spiro atoms. The molecule has 1 unspecified atom stereocenters.